The Labute approximate surface area is 162 Å². The minimum atomic E-state index is -3.23. The number of hydrogen-bond acceptors (Lipinski definition) is 5. The highest BCUT2D eigenvalue weighted by Crippen LogP contribution is 2.35. The number of thiophene rings is 1. The number of hydrogen-bond donors (Lipinski definition) is 0. The molecule has 0 fully saturated rings. The van der Waals surface area contributed by atoms with Crippen LogP contribution in [0.4, 0.5) is 0 Å². The second-order valence-electron chi connectivity index (χ2n) is 6.22. The number of benzene rings is 2. The van der Waals surface area contributed by atoms with Gasteiger partial charge < -0.3 is 4.42 Å². The minimum absolute atomic E-state index is 0.285. The molecule has 2 aromatic carbocycles. The number of nitrogens with zero attached hydrogens (tertiary/aromatic N) is 1. The molecule has 27 heavy (non-hydrogen) atoms. The molecule has 0 bridgehead atoms. The molecule has 4 aromatic rings. The van der Waals surface area contributed by atoms with E-state index in [1.54, 1.807) is 35.6 Å². The molecule has 136 valence electrons. The Morgan fingerprint density at radius 1 is 0.963 bits per heavy atom. The number of rotatable bonds is 5. The molecule has 4 rings (SSSR count). The van der Waals surface area contributed by atoms with Gasteiger partial charge in [-0.25, -0.2) is 13.4 Å². The molecule has 0 spiro atoms. The van der Waals surface area contributed by atoms with Crippen LogP contribution in [0.5, 0.6) is 0 Å². The third kappa shape index (κ3) is 3.86. The molecule has 0 saturated heterocycles. The van der Waals surface area contributed by atoms with E-state index in [9.17, 15) is 8.42 Å². The number of aromatic nitrogens is 1. The molecule has 0 amide bonds. The van der Waals surface area contributed by atoms with Crippen molar-refractivity contribution in [1.82, 2.24) is 4.98 Å². The van der Waals surface area contributed by atoms with Gasteiger partial charge in [-0.2, -0.15) is 0 Å². The van der Waals surface area contributed by atoms with Crippen molar-refractivity contribution in [1.29, 1.82) is 0 Å². The number of oxazole rings is 1. The van der Waals surface area contributed by atoms with Crippen molar-refractivity contribution in [2.24, 2.45) is 0 Å². The molecule has 0 saturated carbocycles. The molecule has 0 unspecified atom stereocenters. The van der Waals surface area contributed by atoms with Crippen LogP contribution in [0.3, 0.4) is 0 Å². The Balaban J connectivity index is 1.76. The van der Waals surface area contributed by atoms with Crippen molar-refractivity contribution in [3.8, 4) is 21.9 Å². The zero-order valence-corrected chi connectivity index (χ0v) is 16.3. The maximum atomic E-state index is 11.7. The molecule has 4 nitrogen and oxygen atoms in total. The van der Waals surface area contributed by atoms with E-state index in [0.717, 1.165) is 21.7 Å². The largest absolute Gasteiger partial charge is 0.440 e. The summed E-state index contributed by atoms with van der Waals surface area (Å²) >= 11 is 1.59. The lowest BCUT2D eigenvalue weighted by molar-refractivity contribution is 0.519. The van der Waals surface area contributed by atoms with Gasteiger partial charge in [0.25, 0.3) is 0 Å². The van der Waals surface area contributed by atoms with Crippen molar-refractivity contribution < 1.29 is 12.8 Å². The van der Waals surface area contributed by atoms with Gasteiger partial charge in [0.05, 0.1) is 9.77 Å². The number of sulfone groups is 1. The second-order valence-corrected chi connectivity index (χ2v) is 9.18. The maximum Gasteiger partial charge on any atom is 0.199 e. The van der Waals surface area contributed by atoms with Gasteiger partial charge >= 0.3 is 0 Å². The first-order chi connectivity index (χ1) is 13.0. The summed E-state index contributed by atoms with van der Waals surface area (Å²) in [5.74, 6) is 1.29. The summed E-state index contributed by atoms with van der Waals surface area (Å²) in [7, 11) is -3.23. The van der Waals surface area contributed by atoms with Crippen LogP contribution in [0, 0.1) is 0 Å². The van der Waals surface area contributed by atoms with Gasteiger partial charge in [-0.1, -0.05) is 36.4 Å². The van der Waals surface area contributed by atoms with Gasteiger partial charge in [-0.3, -0.25) is 0 Å². The van der Waals surface area contributed by atoms with Gasteiger partial charge in [0, 0.05) is 18.2 Å². The summed E-state index contributed by atoms with van der Waals surface area (Å²) in [6, 6.07) is 20.7. The molecule has 6 heteroatoms. The topological polar surface area (TPSA) is 60.2 Å². The van der Waals surface area contributed by atoms with Crippen LogP contribution < -0.4 is 0 Å². The molecular formula is C21H17NO3S2. The Morgan fingerprint density at radius 2 is 1.70 bits per heavy atom. The third-order valence-electron chi connectivity index (χ3n) is 4.17. The zero-order valence-electron chi connectivity index (χ0n) is 14.6. The van der Waals surface area contributed by atoms with Crippen molar-refractivity contribution in [2.45, 2.75) is 11.3 Å². The molecule has 0 atom stereocenters. The lowest BCUT2D eigenvalue weighted by atomic mass is 10.1. The molecular weight excluding hydrogens is 378 g/mol. The van der Waals surface area contributed by atoms with E-state index in [4.69, 9.17) is 9.40 Å². The van der Waals surface area contributed by atoms with E-state index in [2.05, 4.69) is 0 Å². The molecule has 0 aliphatic heterocycles. The highest BCUT2D eigenvalue weighted by atomic mass is 32.2. The standard InChI is InChI=1S/C21H17NO3S2/c1-27(23,24)17-11-9-16(10-12-17)21-20(18-8-5-13-26-18)22-19(25-21)14-15-6-3-2-4-7-15/h2-13H,14H2,1H3. The Morgan fingerprint density at radius 3 is 2.33 bits per heavy atom. The Bertz CT molecular complexity index is 1140. The van der Waals surface area contributed by atoms with E-state index in [0.29, 0.717) is 18.1 Å². The van der Waals surface area contributed by atoms with Crippen LogP contribution >= 0.6 is 11.3 Å². The van der Waals surface area contributed by atoms with E-state index >= 15 is 0 Å². The Hall–Kier alpha value is -2.70. The molecule has 2 heterocycles. The summed E-state index contributed by atoms with van der Waals surface area (Å²) in [6.07, 6.45) is 1.80. The van der Waals surface area contributed by atoms with Crippen LogP contribution in [-0.4, -0.2) is 19.7 Å². The van der Waals surface area contributed by atoms with Gasteiger partial charge in [-0.05, 0) is 41.3 Å². The second kappa shape index (κ2) is 7.13. The van der Waals surface area contributed by atoms with E-state index in [1.165, 1.54) is 6.26 Å². The monoisotopic (exact) mass is 395 g/mol. The van der Waals surface area contributed by atoms with Gasteiger partial charge in [0.1, 0.15) is 5.69 Å². The van der Waals surface area contributed by atoms with Gasteiger partial charge in [0.15, 0.2) is 21.5 Å². The van der Waals surface area contributed by atoms with Crippen LogP contribution in [0.25, 0.3) is 21.9 Å². The van der Waals surface area contributed by atoms with Crippen molar-refractivity contribution in [2.75, 3.05) is 6.26 Å². The van der Waals surface area contributed by atoms with E-state index in [1.807, 2.05) is 47.8 Å². The lowest BCUT2D eigenvalue weighted by Gasteiger charge is -2.02. The Kier molecular flexibility index (Phi) is 4.68. The molecule has 0 radical (unpaired) electrons. The maximum absolute atomic E-state index is 11.7. The highest BCUT2D eigenvalue weighted by Gasteiger charge is 2.18. The van der Waals surface area contributed by atoms with Gasteiger partial charge in [0.2, 0.25) is 0 Å². The SMILES string of the molecule is CS(=O)(=O)c1ccc(-c2oc(Cc3ccccc3)nc2-c2cccs2)cc1. The quantitative estimate of drug-likeness (QED) is 0.474. The zero-order chi connectivity index (χ0) is 18.9. The molecule has 0 N–H and O–H groups in total. The summed E-state index contributed by atoms with van der Waals surface area (Å²) in [4.78, 5) is 6.02. The first-order valence-corrected chi connectivity index (χ1v) is 11.2. The molecule has 0 aliphatic carbocycles. The molecule has 0 aliphatic rings. The summed E-state index contributed by atoms with van der Waals surface area (Å²) in [5.41, 5.74) is 2.70. The first-order valence-electron chi connectivity index (χ1n) is 8.39. The van der Waals surface area contributed by atoms with E-state index < -0.39 is 9.84 Å². The predicted octanol–water partition coefficient (Wildman–Crippen LogP) is 5.06. The summed E-state index contributed by atoms with van der Waals surface area (Å²) in [6.45, 7) is 0. The predicted molar refractivity (Wildman–Crippen MR) is 108 cm³/mol. The normalized spacial score (nSPS) is 11.6. The van der Waals surface area contributed by atoms with Crippen LogP contribution in [0.1, 0.15) is 11.5 Å². The average molecular weight is 396 g/mol. The van der Waals surface area contributed by atoms with Crippen LogP contribution in [-0.2, 0) is 16.3 Å². The molecule has 2 aromatic heterocycles. The fourth-order valence-corrected chi connectivity index (χ4v) is 4.18. The van der Waals surface area contributed by atoms with E-state index in [-0.39, 0.29) is 4.90 Å². The summed E-state index contributed by atoms with van der Waals surface area (Å²) < 4.78 is 29.5. The first kappa shape index (κ1) is 17.7. The van der Waals surface area contributed by atoms with Crippen molar-refractivity contribution in [3.05, 3.63) is 83.6 Å². The summed E-state index contributed by atoms with van der Waals surface area (Å²) in [5, 5.41) is 2.00. The highest BCUT2D eigenvalue weighted by molar-refractivity contribution is 7.90. The fourth-order valence-electron chi connectivity index (χ4n) is 2.84. The van der Waals surface area contributed by atoms with Crippen molar-refractivity contribution >= 4 is 21.2 Å². The van der Waals surface area contributed by atoms with Gasteiger partial charge in [-0.15, -0.1) is 11.3 Å². The smallest absolute Gasteiger partial charge is 0.199 e. The minimum Gasteiger partial charge on any atom is -0.440 e. The average Bonchev–Trinajstić information content (AvgIpc) is 3.31. The van der Waals surface area contributed by atoms with Crippen LogP contribution in [0.15, 0.2) is 81.4 Å². The van der Waals surface area contributed by atoms with Crippen LogP contribution in [0.2, 0.25) is 0 Å². The lowest BCUT2D eigenvalue weighted by Crippen LogP contribution is -1.96. The van der Waals surface area contributed by atoms with Crippen molar-refractivity contribution in [3.63, 3.8) is 0 Å². The third-order valence-corrected chi connectivity index (χ3v) is 6.17. The fraction of sp³-hybridized carbons (Fsp3) is 0.0952.